The van der Waals surface area contributed by atoms with Gasteiger partial charge in [0.25, 0.3) is 11.8 Å². The summed E-state index contributed by atoms with van der Waals surface area (Å²) in [6, 6.07) is 11.6. The maximum absolute atomic E-state index is 13.0. The number of carbonyl (C=O) groups is 2. The highest BCUT2D eigenvalue weighted by atomic mass is 35.5. The van der Waals surface area contributed by atoms with Gasteiger partial charge in [0.1, 0.15) is 16.5 Å². The van der Waals surface area contributed by atoms with Crippen molar-refractivity contribution in [3.8, 4) is 0 Å². The minimum Gasteiger partial charge on any atom is -0.350 e. The molecular formula is C16H9Cl2FN2O2. The van der Waals surface area contributed by atoms with Crippen LogP contribution in [0.5, 0.6) is 0 Å². The van der Waals surface area contributed by atoms with Gasteiger partial charge in [-0.2, -0.15) is 0 Å². The number of anilines is 2. The minimum absolute atomic E-state index is 0.0386. The molecule has 2 aromatic carbocycles. The average Bonchev–Trinajstić information content (AvgIpc) is 2.74. The third-order valence-corrected chi connectivity index (χ3v) is 3.83. The highest BCUT2D eigenvalue weighted by Gasteiger charge is 2.38. The molecule has 0 saturated carbocycles. The summed E-state index contributed by atoms with van der Waals surface area (Å²) in [4.78, 5) is 25.6. The number of halogens is 3. The maximum Gasteiger partial charge on any atom is 0.283 e. The Morgan fingerprint density at radius 3 is 2.09 bits per heavy atom. The fourth-order valence-corrected chi connectivity index (χ4v) is 2.45. The van der Waals surface area contributed by atoms with Crippen LogP contribution in [0.15, 0.2) is 59.3 Å². The highest BCUT2D eigenvalue weighted by molar-refractivity contribution is 6.53. The normalized spacial score (nSPS) is 14.7. The zero-order chi connectivity index (χ0) is 16.6. The molecule has 0 bridgehead atoms. The second kappa shape index (κ2) is 6.02. The molecule has 2 aromatic rings. The molecule has 0 aliphatic carbocycles. The number of carbonyl (C=O) groups excluding carboxylic acids is 2. The topological polar surface area (TPSA) is 49.4 Å². The van der Waals surface area contributed by atoms with Crippen LogP contribution in [0, 0.1) is 5.82 Å². The first-order valence-corrected chi connectivity index (χ1v) is 7.29. The van der Waals surface area contributed by atoms with Gasteiger partial charge in [-0.05, 0) is 48.5 Å². The van der Waals surface area contributed by atoms with E-state index >= 15 is 0 Å². The van der Waals surface area contributed by atoms with E-state index in [4.69, 9.17) is 23.2 Å². The van der Waals surface area contributed by atoms with Gasteiger partial charge in [0.15, 0.2) is 0 Å². The molecule has 1 heterocycles. The number of hydrogen-bond acceptors (Lipinski definition) is 3. The van der Waals surface area contributed by atoms with Crippen LogP contribution >= 0.6 is 23.2 Å². The second-order valence-corrected chi connectivity index (χ2v) is 5.56. The molecule has 0 spiro atoms. The van der Waals surface area contributed by atoms with Crippen LogP contribution in [0.1, 0.15) is 0 Å². The van der Waals surface area contributed by atoms with Crippen molar-refractivity contribution in [2.45, 2.75) is 0 Å². The van der Waals surface area contributed by atoms with Crippen LogP contribution in [0.4, 0.5) is 15.8 Å². The van der Waals surface area contributed by atoms with Crippen LogP contribution in [0.2, 0.25) is 5.02 Å². The van der Waals surface area contributed by atoms with E-state index in [1.165, 1.54) is 12.1 Å². The van der Waals surface area contributed by atoms with Crippen molar-refractivity contribution < 1.29 is 14.0 Å². The molecule has 0 saturated heterocycles. The van der Waals surface area contributed by atoms with Crippen molar-refractivity contribution in [2.24, 2.45) is 0 Å². The van der Waals surface area contributed by atoms with Crippen molar-refractivity contribution in [3.05, 3.63) is 70.1 Å². The summed E-state index contributed by atoms with van der Waals surface area (Å²) in [5, 5.41) is 3.12. The summed E-state index contributed by atoms with van der Waals surface area (Å²) >= 11 is 11.8. The van der Waals surface area contributed by atoms with Crippen LogP contribution in [0.25, 0.3) is 0 Å². The van der Waals surface area contributed by atoms with E-state index in [1.54, 1.807) is 24.3 Å². The number of nitrogens with zero attached hydrogens (tertiary/aromatic N) is 1. The maximum atomic E-state index is 13.0. The third kappa shape index (κ3) is 2.93. The monoisotopic (exact) mass is 350 g/mol. The first-order chi connectivity index (χ1) is 11.0. The molecule has 3 rings (SSSR count). The molecule has 0 atom stereocenters. The van der Waals surface area contributed by atoms with Crippen molar-refractivity contribution in [3.63, 3.8) is 0 Å². The SMILES string of the molecule is O=C1C(Cl)=C(Nc2ccc(Cl)cc2)C(=O)N1c1ccc(F)cc1. The van der Waals surface area contributed by atoms with Gasteiger partial charge in [0.2, 0.25) is 0 Å². The fourth-order valence-electron chi connectivity index (χ4n) is 2.11. The van der Waals surface area contributed by atoms with E-state index in [0.29, 0.717) is 10.7 Å². The first-order valence-electron chi connectivity index (χ1n) is 6.54. The van der Waals surface area contributed by atoms with Gasteiger partial charge >= 0.3 is 0 Å². The Bertz CT molecular complexity index is 817. The summed E-state index contributed by atoms with van der Waals surface area (Å²) < 4.78 is 13.0. The van der Waals surface area contributed by atoms with Crippen LogP contribution in [0.3, 0.4) is 0 Å². The summed E-state index contributed by atoms with van der Waals surface area (Å²) in [7, 11) is 0. The number of amides is 2. The summed E-state index contributed by atoms with van der Waals surface area (Å²) in [5.74, 6) is -1.74. The van der Waals surface area contributed by atoms with Gasteiger partial charge in [-0.3, -0.25) is 9.59 Å². The van der Waals surface area contributed by atoms with Gasteiger partial charge < -0.3 is 5.32 Å². The molecule has 7 heteroatoms. The summed E-state index contributed by atoms with van der Waals surface area (Å²) in [6.07, 6.45) is 0. The Morgan fingerprint density at radius 1 is 0.870 bits per heavy atom. The zero-order valence-electron chi connectivity index (χ0n) is 11.5. The van der Waals surface area contributed by atoms with E-state index in [-0.39, 0.29) is 16.4 Å². The quantitative estimate of drug-likeness (QED) is 0.853. The van der Waals surface area contributed by atoms with Gasteiger partial charge in [-0.1, -0.05) is 23.2 Å². The van der Waals surface area contributed by atoms with E-state index in [2.05, 4.69) is 5.32 Å². The highest BCUT2D eigenvalue weighted by Crippen LogP contribution is 2.30. The number of benzene rings is 2. The molecule has 4 nitrogen and oxygen atoms in total. The Kier molecular flexibility index (Phi) is 4.07. The van der Waals surface area contributed by atoms with Crippen molar-refractivity contribution in [2.75, 3.05) is 10.2 Å². The Morgan fingerprint density at radius 2 is 1.48 bits per heavy atom. The standard InChI is InChI=1S/C16H9Cl2FN2O2/c17-9-1-5-11(6-2-9)20-14-13(18)15(22)21(16(14)23)12-7-3-10(19)4-8-12/h1-8,20H. The average molecular weight is 351 g/mol. The van der Waals surface area contributed by atoms with Crippen LogP contribution in [-0.2, 0) is 9.59 Å². The molecule has 0 fully saturated rings. The molecule has 2 amide bonds. The molecular weight excluding hydrogens is 342 g/mol. The molecule has 116 valence electrons. The lowest BCUT2D eigenvalue weighted by Gasteiger charge is -2.15. The second-order valence-electron chi connectivity index (χ2n) is 4.74. The molecule has 1 aliphatic heterocycles. The molecule has 0 aromatic heterocycles. The number of imide groups is 1. The Hall–Kier alpha value is -2.37. The number of hydrogen-bond donors (Lipinski definition) is 1. The van der Waals surface area contributed by atoms with Gasteiger partial charge in [-0.15, -0.1) is 0 Å². The van der Waals surface area contributed by atoms with Gasteiger partial charge in [0, 0.05) is 10.7 Å². The lowest BCUT2D eigenvalue weighted by atomic mass is 10.3. The number of nitrogens with one attached hydrogen (secondary N) is 1. The van der Waals surface area contributed by atoms with E-state index < -0.39 is 17.6 Å². The first kappa shape index (κ1) is 15.5. The summed E-state index contributed by atoms with van der Waals surface area (Å²) in [5.41, 5.74) is 0.764. The zero-order valence-corrected chi connectivity index (χ0v) is 13.0. The Balaban J connectivity index is 1.90. The Labute approximate surface area is 141 Å². The van der Waals surface area contributed by atoms with E-state index in [9.17, 15) is 14.0 Å². The smallest absolute Gasteiger partial charge is 0.283 e. The third-order valence-electron chi connectivity index (χ3n) is 3.23. The van der Waals surface area contributed by atoms with Crippen molar-refractivity contribution in [1.82, 2.24) is 0 Å². The molecule has 1 aliphatic rings. The van der Waals surface area contributed by atoms with Crippen LogP contribution in [-0.4, -0.2) is 11.8 Å². The minimum atomic E-state index is -0.667. The van der Waals surface area contributed by atoms with Gasteiger partial charge in [0.05, 0.1) is 5.69 Å². The predicted octanol–water partition coefficient (Wildman–Crippen LogP) is 3.91. The lowest BCUT2D eigenvalue weighted by Crippen LogP contribution is -2.32. The fraction of sp³-hybridized carbons (Fsp3) is 0. The molecule has 1 N–H and O–H groups in total. The van der Waals surface area contributed by atoms with Crippen molar-refractivity contribution >= 4 is 46.4 Å². The summed E-state index contributed by atoms with van der Waals surface area (Å²) in [6.45, 7) is 0. The lowest BCUT2D eigenvalue weighted by molar-refractivity contribution is -0.120. The van der Waals surface area contributed by atoms with Gasteiger partial charge in [-0.25, -0.2) is 9.29 Å². The van der Waals surface area contributed by atoms with E-state index in [0.717, 1.165) is 17.0 Å². The molecule has 0 unspecified atom stereocenters. The van der Waals surface area contributed by atoms with Crippen molar-refractivity contribution in [1.29, 1.82) is 0 Å². The van der Waals surface area contributed by atoms with E-state index in [1.807, 2.05) is 0 Å². The van der Waals surface area contributed by atoms with Crippen LogP contribution < -0.4 is 10.2 Å². The largest absolute Gasteiger partial charge is 0.350 e. The molecule has 0 radical (unpaired) electrons. The molecule has 23 heavy (non-hydrogen) atoms. The number of rotatable bonds is 3. The predicted molar refractivity (Wildman–Crippen MR) is 86.8 cm³/mol.